The number of benzene rings is 2. The Bertz CT molecular complexity index is 728. The summed E-state index contributed by atoms with van der Waals surface area (Å²) < 4.78 is 0. The molecule has 0 aromatic heterocycles. The van der Waals surface area contributed by atoms with E-state index in [2.05, 4.69) is 58.7 Å². The standard InChI is InChI=1S/C21H25N3O/c22-11-12-23-21(25)15-6-5-13-24(14-15)20-18-9-3-1-7-16(18)17-8-2-4-10-19(17)20/h1-4,7-10,15,20H,5-6,11-14,22H2,(H,23,25). The Morgan fingerprint density at radius 1 is 1.08 bits per heavy atom. The minimum Gasteiger partial charge on any atom is -0.355 e. The van der Waals surface area contributed by atoms with Gasteiger partial charge in [-0.3, -0.25) is 9.69 Å². The van der Waals surface area contributed by atoms with Gasteiger partial charge in [0, 0.05) is 19.6 Å². The highest BCUT2D eigenvalue weighted by Gasteiger charge is 2.36. The van der Waals surface area contributed by atoms with Gasteiger partial charge in [-0.1, -0.05) is 48.5 Å². The minimum atomic E-state index is 0.0558. The third-order valence-electron chi connectivity index (χ3n) is 5.43. The number of carbonyl (C=O) groups excluding carboxylic acids is 1. The number of likely N-dealkylation sites (tertiary alicyclic amines) is 1. The van der Waals surface area contributed by atoms with Crippen LogP contribution in [0.2, 0.25) is 0 Å². The highest BCUT2D eigenvalue weighted by molar-refractivity contribution is 5.80. The fourth-order valence-electron chi connectivity index (χ4n) is 4.32. The molecule has 4 rings (SSSR count). The molecule has 1 atom stereocenters. The lowest BCUT2D eigenvalue weighted by molar-refractivity contribution is -0.126. The zero-order valence-corrected chi connectivity index (χ0v) is 14.4. The first kappa shape index (κ1) is 16.3. The number of fused-ring (bicyclic) bond motifs is 3. The molecule has 0 bridgehead atoms. The SMILES string of the molecule is NCCNC(=O)C1CCCN(C2c3ccccc3-c3ccccc32)C1. The molecule has 4 heteroatoms. The summed E-state index contributed by atoms with van der Waals surface area (Å²) in [6.45, 7) is 2.90. The van der Waals surface area contributed by atoms with Crippen molar-refractivity contribution in [2.24, 2.45) is 11.7 Å². The van der Waals surface area contributed by atoms with Gasteiger partial charge in [0.25, 0.3) is 0 Å². The molecule has 130 valence electrons. The van der Waals surface area contributed by atoms with Crippen LogP contribution in [0.3, 0.4) is 0 Å². The largest absolute Gasteiger partial charge is 0.355 e. The van der Waals surface area contributed by atoms with E-state index in [-0.39, 0.29) is 17.9 Å². The fourth-order valence-corrected chi connectivity index (χ4v) is 4.32. The molecule has 1 fully saturated rings. The van der Waals surface area contributed by atoms with E-state index in [4.69, 9.17) is 5.73 Å². The summed E-state index contributed by atoms with van der Waals surface area (Å²) >= 11 is 0. The van der Waals surface area contributed by atoms with Crippen molar-refractivity contribution >= 4 is 5.91 Å². The van der Waals surface area contributed by atoms with Crippen LogP contribution in [0.1, 0.15) is 30.0 Å². The van der Waals surface area contributed by atoms with E-state index in [0.717, 1.165) is 25.9 Å². The predicted molar refractivity (Wildman–Crippen MR) is 100 cm³/mol. The van der Waals surface area contributed by atoms with Gasteiger partial charge in [-0.05, 0) is 41.6 Å². The predicted octanol–water partition coefficient (Wildman–Crippen LogP) is 2.54. The van der Waals surface area contributed by atoms with E-state index in [9.17, 15) is 4.79 Å². The lowest BCUT2D eigenvalue weighted by atomic mass is 9.93. The maximum Gasteiger partial charge on any atom is 0.224 e. The van der Waals surface area contributed by atoms with Gasteiger partial charge in [0.2, 0.25) is 5.91 Å². The third-order valence-corrected chi connectivity index (χ3v) is 5.43. The van der Waals surface area contributed by atoms with Crippen LogP contribution in [0, 0.1) is 5.92 Å². The van der Waals surface area contributed by atoms with Crippen LogP contribution >= 0.6 is 0 Å². The molecule has 1 amide bonds. The Kier molecular flexibility index (Phi) is 4.55. The summed E-state index contributed by atoms with van der Waals surface area (Å²) in [4.78, 5) is 14.9. The molecule has 0 saturated carbocycles. The van der Waals surface area contributed by atoms with Crippen LogP contribution in [-0.4, -0.2) is 37.0 Å². The summed E-state index contributed by atoms with van der Waals surface area (Å²) in [6.07, 6.45) is 2.02. The number of amides is 1. The van der Waals surface area contributed by atoms with Gasteiger partial charge in [-0.2, -0.15) is 0 Å². The van der Waals surface area contributed by atoms with Crippen LogP contribution in [0.4, 0.5) is 0 Å². The Labute approximate surface area is 149 Å². The lowest BCUT2D eigenvalue weighted by Crippen LogP contribution is -2.45. The minimum absolute atomic E-state index is 0.0558. The summed E-state index contributed by atoms with van der Waals surface area (Å²) in [5.41, 5.74) is 10.9. The van der Waals surface area contributed by atoms with Crippen LogP contribution in [-0.2, 0) is 4.79 Å². The third kappa shape index (κ3) is 2.96. The quantitative estimate of drug-likeness (QED) is 0.903. The molecular weight excluding hydrogens is 310 g/mol. The molecule has 0 radical (unpaired) electrons. The molecule has 2 aliphatic rings. The monoisotopic (exact) mass is 335 g/mol. The summed E-state index contributed by atoms with van der Waals surface area (Å²) in [7, 11) is 0. The lowest BCUT2D eigenvalue weighted by Gasteiger charge is -2.37. The van der Waals surface area contributed by atoms with Gasteiger partial charge in [-0.25, -0.2) is 0 Å². The molecule has 25 heavy (non-hydrogen) atoms. The topological polar surface area (TPSA) is 58.4 Å². The van der Waals surface area contributed by atoms with Gasteiger partial charge >= 0.3 is 0 Å². The highest BCUT2D eigenvalue weighted by Crippen LogP contribution is 2.47. The van der Waals surface area contributed by atoms with Crippen molar-refractivity contribution in [1.29, 1.82) is 0 Å². The summed E-state index contributed by atoms with van der Waals surface area (Å²) in [5, 5.41) is 2.96. The van der Waals surface area contributed by atoms with E-state index in [1.54, 1.807) is 0 Å². The number of rotatable bonds is 4. The average Bonchev–Trinajstić information content (AvgIpc) is 3.01. The first-order valence-electron chi connectivity index (χ1n) is 9.19. The van der Waals surface area contributed by atoms with Crippen molar-refractivity contribution in [3.8, 4) is 11.1 Å². The molecule has 2 aromatic carbocycles. The Morgan fingerprint density at radius 2 is 1.72 bits per heavy atom. The van der Waals surface area contributed by atoms with Gasteiger partial charge in [0.15, 0.2) is 0 Å². The van der Waals surface area contributed by atoms with Crippen molar-refractivity contribution in [1.82, 2.24) is 10.2 Å². The van der Waals surface area contributed by atoms with Crippen LogP contribution in [0.25, 0.3) is 11.1 Å². The zero-order valence-electron chi connectivity index (χ0n) is 14.4. The zero-order chi connectivity index (χ0) is 17.2. The van der Waals surface area contributed by atoms with Gasteiger partial charge in [-0.15, -0.1) is 0 Å². The van der Waals surface area contributed by atoms with Gasteiger partial charge in [0.1, 0.15) is 0 Å². The number of nitrogens with one attached hydrogen (secondary N) is 1. The molecule has 1 aliphatic carbocycles. The smallest absolute Gasteiger partial charge is 0.224 e. The molecule has 1 heterocycles. The van der Waals surface area contributed by atoms with E-state index >= 15 is 0 Å². The second-order valence-electron chi connectivity index (χ2n) is 6.99. The number of piperidine rings is 1. The maximum absolute atomic E-state index is 12.4. The summed E-state index contributed by atoms with van der Waals surface area (Å²) in [6, 6.07) is 17.6. The molecule has 1 saturated heterocycles. The van der Waals surface area contributed by atoms with E-state index in [0.29, 0.717) is 13.1 Å². The molecule has 0 spiro atoms. The van der Waals surface area contributed by atoms with Crippen molar-refractivity contribution in [2.75, 3.05) is 26.2 Å². The van der Waals surface area contributed by atoms with Gasteiger partial charge < -0.3 is 11.1 Å². The Balaban J connectivity index is 1.62. The number of nitrogens with zero attached hydrogens (tertiary/aromatic N) is 1. The van der Waals surface area contributed by atoms with Gasteiger partial charge in [0.05, 0.1) is 12.0 Å². The molecule has 1 aliphatic heterocycles. The first-order valence-corrected chi connectivity index (χ1v) is 9.19. The second kappa shape index (κ2) is 6.98. The van der Waals surface area contributed by atoms with Crippen LogP contribution < -0.4 is 11.1 Å². The first-order chi connectivity index (χ1) is 12.3. The average molecular weight is 335 g/mol. The fraction of sp³-hybridized carbons (Fsp3) is 0.381. The Hall–Kier alpha value is -2.17. The van der Waals surface area contributed by atoms with Crippen LogP contribution in [0.5, 0.6) is 0 Å². The molecule has 3 N–H and O–H groups in total. The van der Waals surface area contributed by atoms with Crippen molar-refractivity contribution in [3.63, 3.8) is 0 Å². The van der Waals surface area contributed by atoms with Crippen molar-refractivity contribution in [2.45, 2.75) is 18.9 Å². The molecule has 4 nitrogen and oxygen atoms in total. The summed E-state index contributed by atoms with van der Waals surface area (Å²) in [5.74, 6) is 0.204. The Morgan fingerprint density at radius 3 is 2.36 bits per heavy atom. The molecule has 2 aromatic rings. The number of nitrogens with two attached hydrogens (primary N) is 1. The maximum atomic E-state index is 12.4. The van der Waals surface area contributed by atoms with Crippen molar-refractivity contribution in [3.05, 3.63) is 59.7 Å². The van der Waals surface area contributed by atoms with E-state index < -0.39 is 0 Å². The molecular formula is C21H25N3O. The van der Waals surface area contributed by atoms with Crippen molar-refractivity contribution < 1.29 is 4.79 Å². The number of hydrogen-bond donors (Lipinski definition) is 2. The van der Waals surface area contributed by atoms with Crippen LogP contribution in [0.15, 0.2) is 48.5 Å². The van der Waals surface area contributed by atoms with E-state index in [1.165, 1.54) is 22.3 Å². The second-order valence-corrected chi connectivity index (χ2v) is 6.99. The number of carbonyl (C=O) groups is 1. The highest BCUT2D eigenvalue weighted by atomic mass is 16.1. The van der Waals surface area contributed by atoms with E-state index in [1.807, 2.05) is 0 Å². The molecule has 1 unspecified atom stereocenters. The number of hydrogen-bond acceptors (Lipinski definition) is 3. The normalized spacial score (nSPS) is 20.1.